The Bertz CT molecular complexity index is 412. The maximum absolute atomic E-state index is 11.9. The van der Waals surface area contributed by atoms with E-state index in [9.17, 15) is 19.5 Å². The molecule has 3 amide bonds. The third-order valence-corrected chi connectivity index (χ3v) is 4.26. The molecule has 2 fully saturated rings. The molecular weight excluding hydrogens is 250 g/mol. The summed E-state index contributed by atoms with van der Waals surface area (Å²) in [7, 11) is 0. The van der Waals surface area contributed by atoms with Crippen molar-refractivity contribution in [3.63, 3.8) is 0 Å². The van der Waals surface area contributed by atoms with Crippen LogP contribution in [0, 0.1) is 17.8 Å². The van der Waals surface area contributed by atoms with Crippen LogP contribution >= 0.6 is 0 Å². The Labute approximate surface area is 110 Å². The predicted molar refractivity (Wildman–Crippen MR) is 66.1 cm³/mol. The molecular formula is C12H19N3O4. The maximum Gasteiger partial charge on any atom is 0.312 e. The highest BCUT2D eigenvalue weighted by Gasteiger charge is 2.51. The van der Waals surface area contributed by atoms with E-state index in [4.69, 9.17) is 5.73 Å². The number of carboxylic acid groups (broad SMARTS) is 1. The molecule has 2 saturated carbocycles. The van der Waals surface area contributed by atoms with E-state index in [0.717, 1.165) is 19.3 Å². The number of amides is 3. The Balaban J connectivity index is 1.99. The van der Waals surface area contributed by atoms with Gasteiger partial charge in [-0.15, -0.1) is 0 Å². The number of fused-ring (bicyclic) bond motifs is 2. The van der Waals surface area contributed by atoms with Gasteiger partial charge in [-0.25, -0.2) is 4.79 Å². The number of nitrogens with two attached hydrogens (primary N) is 1. The first-order valence-electron chi connectivity index (χ1n) is 6.49. The number of nitrogens with one attached hydrogen (secondary N) is 2. The minimum atomic E-state index is -0.854. The largest absolute Gasteiger partial charge is 0.481 e. The second kappa shape index (κ2) is 5.07. The summed E-state index contributed by atoms with van der Waals surface area (Å²) in [6.45, 7) is 1.52. The van der Waals surface area contributed by atoms with Crippen LogP contribution in [0.5, 0.6) is 0 Å². The van der Waals surface area contributed by atoms with E-state index in [1.807, 2.05) is 0 Å². The Kier molecular flexibility index (Phi) is 3.64. The summed E-state index contributed by atoms with van der Waals surface area (Å²) < 4.78 is 0. The van der Waals surface area contributed by atoms with Gasteiger partial charge in [0.15, 0.2) is 0 Å². The first-order valence-corrected chi connectivity index (χ1v) is 6.49. The van der Waals surface area contributed by atoms with Gasteiger partial charge in [0.1, 0.15) is 6.04 Å². The molecule has 7 nitrogen and oxygen atoms in total. The molecule has 0 heterocycles. The van der Waals surface area contributed by atoms with Crippen molar-refractivity contribution in [2.45, 2.75) is 38.3 Å². The molecule has 19 heavy (non-hydrogen) atoms. The average Bonchev–Trinajstić information content (AvgIpc) is 2.87. The normalized spacial score (nSPS) is 33.7. The van der Waals surface area contributed by atoms with E-state index in [1.165, 1.54) is 6.92 Å². The highest BCUT2D eigenvalue weighted by atomic mass is 16.4. The van der Waals surface area contributed by atoms with Crippen LogP contribution in [0.2, 0.25) is 0 Å². The number of carbonyl (C=O) groups excluding carboxylic acids is 2. The number of primary amides is 1. The number of rotatable bonds is 4. The van der Waals surface area contributed by atoms with Gasteiger partial charge in [-0.1, -0.05) is 0 Å². The van der Waals surface area contributed by atoms with Crippen LogP contribution in [0.3, 0.4) is 0 Å². The van der Waals surface area contributed by atoms with E-state index >= 15 is 0 Å². The van der Waals surface area contributed by atoms with Crippen LogP contribution in [0.25, 0.3) is 0 Å². The van der Waals surface area contributed by atoms with Gasteiger partial charge in [0.2, 0.25) is 5.91 Å². The third kappa shape index (κ3) is 2.64. The molecule has 0 aromatic rings. The summed E-state index contributed by atoms with van der Waals surface area (Å²) >= 11 is 0. The van der Waals surface area contributed by atoms with Crippen molar-refractivity contribution in [3.8, 4) is 0 Å². The lowest BCUT2D eigenvalue weighted by atomic mass is 9.84. The lowest BCUT2D eigenvalue weighted by molar-refractivity contribution is -0.144. The minimum absolute atomic E-state index is 0.159. The topological polar surface area (TPSA) is 122 Å². The van der Waals surface area contributed by atoms with Gasteiger partial charge in [-0.3, -0.25) is 9.59 Å². The SMILES string of the molecule is CC(NC(N)=O)C(=O)NC1C2CCC(C2)C1C(=O)O. The van der Waals surface area contributed by atoms with Crippen LogP contribution in [0.15, 0.2) is 0 Å². The van der Waals surface area contributed by atoms with Gasteiger partial charge in [0, 0.05) is 6.04 Å². The summed E-state index contributed by atoms with van der Waals surface area (Å²) in [4.78, 5) is 33.9. The minimum Gasteiger partial charge on any atom is -0.481 e. The summed E-state index contributed by atoms with van der Waals surface area (Å²) in [5.74, 6) is -1.36. The number of hydrogen-bond acceptors (Lipinski definition) is 3. The average molecular weight is 269 g/mol. The zero-order valence-corrected chi connectivity index (χ0v) is 10.8. The van der Waals surface area contributed by atoms with Gasteiger partial charge in [-0.2, -0.15) is 0 Å². The summed E-state index contributed by atoms with van der Waals surface area (Å²) in [6.07, 6.45) is 2.74. The van der Waals surface area contributed by atoms with Crippen LogP contribution in [0.4, 0.5) is 4.79 Å². The van der Waals surface area contributed by atoms with E-state index in [2.05, 4.69) is 10.6 Å². The Hall–Kier alpha value is -1.79. The third-order valence-electron chi connectivity index (χ3n) is 4.26. The van der Waals surface area contributed by atoms with Gasteiger partial charge < -0.3 is 21.5 Å². The molecule has 2 rings (SSSR count). The second-order valence-electron chi connectivity index (χ2n) is 5.46. The second-order valence-corrected chi connectivity index (χ2v) is 5.46. The quantitative estimate of drug-likeness (QED) is 0.557. The van der Waals surface area contributed by atoms with Crippen LogP contribution in [0.1, 0.15) is 26.2 Å². The molecule has 0 aromatic carbocycles. The summed E-state index contributed by atoms with van der Waals surface area (Å²) in [6, 6.07) is -1.86. The molecule has 106 valence electrons. The molecule has 0 aliphatic heterocycles. The number of aliphatic carboxylic acids is 1. The highest BCUT2D eigenvalue weighted by Crippen LogP contribution is 2.48. The molecule has 2 bridgehead atoms. The fourth-order valence-electron chi connectivity index (χ4n) is 3.42. The molecule has 5 unspecified atom stereocenters. The fourth-order valence-corrected chi connectivity index (χ4v) is 3.42. The Morgan fingerprint density at radius 3 is 2.47 bits per heavy atom. The highest BCUT2D eigenvalue weighted by molar-refractivity contribution is 5.87. The molecule has 2 aliphatic carbocycles. The first-order chi connectivity index (χ1) is 8.90. The number of hydrogen-bond donors (Lipinski definition) is 4. The maximum atomic E-state index is 11.9. The smallest absolute Gasteiger partial charge is 0.312 e. The van der Waals surface area contributed by atoms with Crippen molar-refractivity contribution in [2.24, 2.45) is 23.5 Å². The molecule has 2 aliphatic rings. The van der Waals surface area contributed by atoms with E-state index in [1.54, 1.807) is 0 Å². The van der Waals surface area contributed by atoms with Crippen molar-refractivity contribution in [1.29, 1.82) is 0 Å². The Morgan fingerprint density at radius 2 is 1.89 bits per heavy atom. The van der Waals surface area contributed by atoms with Crippen molar-refractivity contribution in [2.75, 3.05) is 0 Å². The Morgan fingerprint density at radius 1 is 1.26 bits per heavy atom. The van der Waals surface area contributed by atoms with Gasteiger partial charge in [0.05, 0.1) is 5.92 Å². The fraction of sp³-hybridized carbons (Fsp3) is 0.750. The number of carboxylic acids is 1. The molecule has 5 N–H and O–H groups in total. The van der Waals surface area contributed by atoms with Crippen LogP contribution in [-0.4, -0.2) is 35.1 Å². The van der Waals surface area contributed by atoms with E-state index in [0.29, 0.717) is 0 Å². The van der Waals surface area contributed by atoms with E-state index in [-0.39, 0.29) is 23.8 Å². The van der Waals surface area contributed by atoms with Gasteiger partial charge in [0.25, 0.3) is 0 Å². The lowest BCUT2D eigenvalue weighted by Crippen LogP contribution is -2.53. The molecule has 7 heteroatoms. The first kappa shape index (κ1) is 13.6. The molecule has 0 saturated heterocycles. The summed E-state index contributed by atoms with van der Waals surface area (Å²) in [5, 5.41) is 14.3. The van der Waals surface area contributed by atoms with Crippen molar-refractivity contribution in [3.05, 3.63) is 0 Å². The predicted octanol–water partition coefficient (Wildman–Crippen LogP) is -0.341. The van der Waals surface area contributed by atoms with Crippen LogP contribution < -0.4 is 16.4 Å². The number of carbonyl (C=O) groups is 3. The molecule has 0 aromatic heterocycles. The van der Waals surface area contributed by atoms with Crippen molar-refractivity contribution >= 4 is 17.9 Å². The lowest BCUT2D eigenvalue weighted by Gasteiger charge is -2.29. The summed E-state index contributed by atoms with van der Waals surface area (Å²) in [5.41, 5.74) is 4.95. The van der Waals surface area contributed by atoms with Crippen molar-refractivity contribution in [1.82, 2.24) is 10.6 Å². The molecule has 0 radical (unpaired) electrons. The molecule has 0 spiro atoms. The van der Waals surface area contributed by atoms with E-state index < -0.39 is 24.0 Å². The van der Waals surface area contributed by atoms with Crippen LogP contribution in [-0.2, 0) is 9.59 Å². The zero-order chi connectivity index (χ0) is 14.2. The standard InChI is InChI=1S/C12H19N3O4/c1-5(14-12(13)19)10(16)15-9-7-3-2-6(4-7)8(9)11(17)18/h5-9H,2-4H2,1H3,(H,15,16)(H,17,18)(H3,13,14,19). The molecule has 5 atom stereocenters. The zero-order valence-electron chi connectivity index (χ0n) is 10.8. The van der Waals surface area contributed by atoms with Crippen molar-refractivity contribution < 1.29 is 19.5 Å². The monoisotopic (exact) mass is 269 g/mol. The number of urea groups is 1. The van der Waals surface area contributed by atoms with Gasteiger partial charge >= 0.3 is 12.0 Å². The van der Waals surface area contributed by atoms with Gasteiger partial charge in [-0.05, 0) is 38.0 Å².